The number of aromatic nitrogens is 2. The van der Waals surface area contributed by atoms with Crippen LogP contribution in [0.3, 0.4) is 0 Å². The van der Waals surface area contributed by atoms with Crippen LogP contribution in [-0.4, -0.2) is 33.8 Å². The van der Waals surface area contributed by atoms with Crippen molar-refractivity contribution in [2.45, 2.75) is 20.0 Å². The number of nitrogens with zero attached hydrogens (tertiary/aromatic N) is 2. The summed E-state index contributed by atoms with van der Waals surface area (Å²) in [6.07, 6.45) is 2.78. The van der Waals surface area contributed by atoms with E-state index in [2.05, 4.69) is 32.4 Å². The number of carbonyl (C=O) groups excluding carboxylic acids is 1. The molecule has 0 aliphatic heterocycles. The first-order valence-electron chi connectivity index (χ1n) is 6.67. The van der Waals surface area contributed by atoms with Crippen molar-refractivity contribution in [3.05, 3.63) is 40.7 Å². The largest absolute Gasteiger partial charge is 0.392 e. The lowest BCUT2D eigenvalue weighted by Crippen LogP contribution is -2.34. The minimum atomic E-state index is -0.592. The third-order valence-corrected chi connectivity index (χ3v) is 3.56. The molecule has 7 heteroatoms. The Bertz CT molecular complexity index is 701. The van der Waals surface area contributed by atoms with Crippen LogP contribution in [0.25, 0.3) is 0 Å². The number of nitrogens with one attached hydrogen (secondary N) is 2. The second-order valence-electron chi connectivity index (χ2n) is 4.60. The first-order chi connectivity index (χ1) is 10.5. The highest BCUT2D eigenvalue weighted by Gasteiger charge is 2.09. The monoisotopic (exact) mass is 316 g/mol. The van der Waals surface area contributed by atoms with Gasteiger partial charge in [0.1, 0.15) is 4.88 Å². The Kier molecular flexibility index (Phi) is 5.47. The van der Waals surface area contributed by atoms with Gasteiger partial charge in [-0.3, -0.25) is 10.3 Å². The van der Waals surface area contributed by atoms with Crippen LogP contribution < -0.4 is 10.6 Å². The molecule has 0 radical (unpaired) electrons. The molecule has 0 aliphatic carbocycles. The lowest BCUT2D eigenvalue weighted by Gasteiger charge is -2.06. The summed E-state index contributed by atoms with van der Waals surface area (Å²) in [6, 6.07) is 3.25. The fourth-order valence-corrected chi connectivity index (χ4v) is 2.33. The molecule has 6 nitrogen and oxygen atoms in total. The standard InChI is InChI=1S/C15H16N4O2S/c1-10(20)9-17-14(21)19-15-18-11(2)13(22-15)4-3-12-5-7-16-8-6-12/h5-8,10,20H,9H2,1-2H3,(H2,17,18,19,21)/t10-/m0/s1. The Labute approximate surface area is 132 Å². The fourth-order valence-electron chi connectivity index (χ4n) is 1.51. The molecule has 0 aliphatic rings. The number of amides is 2. The molecule has 0 saturated carbocycles. The van der Waals surface area contributed by atoms with Gasteiger partial charge in [-0.1, -0.05) is 17.3 Å². The molecule has 2 aromatic rings. The first kappa shape index (κ1) is 15.9. The molecule has 0 fully saturated rings. The van der Waals surface area contributed by atoms with E-state index in [0.717, 1.165) is 16.1 Å². The van der Waals surface area contributed by atoms with Crippen LogP contribution >= 0.6 is 11.3 Å². The summed E-state index contributed by atoms with van der Waals surface area (Å²) in [4.78, 5) is 20.6. The van der Waals surface area contributed by atoms with E-state index < -0.39 is 12.1 Å². The SMILES string of the molecule is Cc1nc(NC(=O)NC[C@H](C)O)sc1C#Cc1ccncc1. The van der Waals surface area contributed by atoms with Gasteiger partial charge in [0, 0.05) is 24.5 Å². The maximum Gasteiger partial charge on any atom is 0.321 e. The molecule has 2 heterocycles. The van der Waals surface area contributed by atoms with Gasteiger partial charge >= 0.3 is 6.03 Å². The van der Waals surface area contributed by atoms with Gasteiger partial charge in [0.25, 0.3) is 0 Å². The van der Waals surface area contributed by atoms with Gasteiger partial charge < -0.3 is 10.4 Å². The van der Waals surface area contributed by atoms with E-state index in [9.17, 15) is 4.79 Å². The Balaban J connectivity index is 2.03. The van der Waals surface area contributed by atoms with Crippen molar-refractivity contribution in [2.24, 2.45) is 0 Å². The predicted octanol–water partition coefficient (Wildman–Crippen LogP) is 1.75. The molecular formula is C15H16N4O2S. The molecule has 0 saturated heterocycles. The van der Waals surface area contributed by atoms with Gasteiger partial charge in [0.05, 0.1) is 11.8 Å². The third-order valence-electron chi connectivity index (χ3n) is 2.58. The topological polar surface area (TPSA) is 87.1 Å². The molecule has 2 rings (SSSR count). The highest BCUT2D eigenvalue weighted by atomic mass is 32.1. The van der Waals surface area contributed by atoms with Gasteiger partial charge in [-0.25, -0.2) is 9.78 Å². The second kappa shape index (κ2) is 7.54. The number of aliphatic hydroxyl groups is 1. The summed E-state index contributed by atoms with van der Waals surface area (Å²) < 4.78 is 0. The average Bonchev–Trinajstić information content (AvgIpc) is 2.84. The van der Waals surface area contributed by atoms with E-state index in [4.69, 9.17) is 5.11 Å². The molecule has 3 N–H and O–H groups in total. The Morgan fingerprint density at radius 3 is 2.82 bits per heavy atom. The predicted molar refractivity (Wildman–Crippen MR) is 85.8 cm³/mol. The third kappa shape index (κ3) is 4.84. The minimum Gasteiger partial charge on any atom is -0.392 e. The highest BCUT2D eigenvalue weighted by molar-refractivity contribution is 7.16. The van der Waals surface area contributed by atoms with Crippen LogP contribution in [0.4, 0.5) is 9.93 Å². The zero-order valence-corrected chi connectivity index (χ0v) is 13.1. The van der Waals surface area contributed by atoms with E-state index in [1.165, 1.54) is 11.3 Å². The normalized spacial score (nSPS) is 11.2. The molecule has 2 aromatic heterocycles. The first-order valence-corrected chi connectivity index (χ1v) is 7.48. The van der Waals surface area contributed by atoms with Crippen molar-refractivity contribution in [1.82, 2.24) is 15.3 Å². The molecule has 0 aromatic carbocycles. The molecule has 1 atom stereocenters. The van der Waals surface area contributed by atoms with Crippen LogP contribution in [0.1, 0.15) is 23.1 Å². The number of aliphatic hydroxyl groups excluding tert-OH is 1. The van der Waals surface area contributed by atoms with E-state index >= 15 is 0 Å². The summed E-state index contributed by atoms with van der Waals surface area (Å²) in [7, 11) is 0. The maximum absolute atomic E-state index is 11.6. The lowest BCUT2D eigenvalue weighted by molar-refractivity contribution is 0.190. The number of pyridine rings is 1. The van der Waals surface area contributed by atoms with Crippen LogP contribution in [0, 0.1) is 18.8 Å². The molecular weight excluding hydrogens is 300 g/mol. The van der Waals surface area contributed by atoms with Crippen LogP contribution in [0.5, 0.6) is 0 Å². The van der Waals surface area contributed by atoms with E-state index in [-0.39, 0.29) is 6.54 Å². The van der Waals surface area contributed by atoms with Crippen molar-refractivity contribution < 1.29 is 9.90 Å². The average molecular weight is 316 g/mol. The molecule has 22 heavy (non-hydrogen) atoms. The Morgan fingerprint density at radius 1 is 1.41 bits per heavy atom. The number of carbonyl (C=O) groups is 1. The van der Waals surface area contributed by atoms with Crippen molar-refractivity contribution in [1.29, 1.82) is 0 Å². The number of hydrogen-bond acceptors (Lipinski definition) is 5. The second-order valence-corrected chi connectivity index (χ2v) is 5.60. The zero-order valence-electron chi connectivity index (χ0n) is 12.3. The summed E-state index contributed by atoms with van der Waals surface area (Å²) in [5.74, 6) is 6.07. The summed E-state index contributed by atoms with van der Waals surface area (Å²) in [5, 5.41) is 14.8. The zero-order chi connectivity index (χ0) is 15.9. The number of aryl methyl sites for hydroxylation is 1. The fraction of sp³-hybridized carbons (Fsp3) is 0.267. The van der Waals surface area contributed by atoms with E-state index in [1.807, 2.05) is 19.1 Å². The van der Waals surface area contributed by atoms with Crippen molar-refractivity contribution >= 4 is 22.5 Å². The number of thiazole rings is 1. The van der Waals surface area contributed by atoms with Gasteiger partial charge in [-0.05, 0) is 31.9 Å². The number of anilines is 1. The summed E-state index contributed by atoms with van der Waals surface area (Å²) in [5.41, 5.74) is 1.63. The molecule has 0 spiro atoms. The quantitative estimate of drug-likeness (QED) is 0.753. The molecule has 0 bridgehead atoms. The Morgan fingerprint density at radius 2 is 2.14 bits per heavy atom. The minimum absolute atomic E-state index is 0.185. The van der Waals surface area contributed by atoms with Crippen LogP contribution in [0.2, 0.25) is 0 Å². The summed E-state index contributed by atoms with van der Waals surface area (Å²) in [6.45, 7) is 3.62. The van der Waals surface area contributed by atoms with Crippen molar-refractivity contribution in [2.75, 3.05) is 11.9 Å². The van der Waals surface area contributed by atoms with Gasteiger partial charge in [0.2, 0.25) is 0 Å². The molecule has 2 amide bonds. The molecule has 114 valence electrons. The number of rotatable bonds is 3. The van der Waals surface area contributed by atoms with Crippen LogP contribution in [-0.2, 0) is 0 Å². The smallest absolute Gasteiger partial charge is 0.321 e. The molecule has 0 unspecified atom stereocenters. The van der Waals surface area contributed by atoms with Crippen LogP contribution in [0.15, 0.2) is 24.5 Å². The lowest BCUT2D eigenvalue weighted by atomic mass is 10.2. The van der Waals surface area contributed by atoms with E-state index in [1.54, 1.807) is 19.3 Å². The van der Waals surface area contributed by atoms with Crippen molar-refractivity contribution in [3.8, 4) is 11.8 Å². The number of hydrogen-bond donors (Lipinski definition) is 3. The van der Waals surface area contributed by atoms with Gasteiger partial charge in [0.15, 0.2) is 5.13 Å². The number of urea groups is 1. The van der Waals surface area contributed by atoms with Crippen molar-refractivity contribution in [3.63, 3.8) is 0 Å². The van der Waals surface area contributed by atoms with Gasteiger partial charge in [-0.2, -0.15) is 0 Å². The van der Waals surface area contributed by atoms with Gasteiger partial charge in [-0.15, -0.1) is 0 Å². The highest BCUT2D eigenvalue weighted by Crippen LogP contribution is 2.21. The van der Waals surface area contributed by atoms with E-state index in [0.29, 0.717) is 5.13 Å². The Hall–Kier alpha value is -2.43. The summed E-state index contributed by atoms with van der Waals surface area (Å²) >= 11 is 1.31. The maximum atomic E-state index is 11.6.